The number of hydrogen-bond donors (Lipinski definition) is 3. The van der Waals surface area contributed by atoms with Crippen molar-refractivity contribution in [2.75, 3.05) is 0 Å². The number of esters is 2. The first-order chi connectivity index (χ1) is 8.56. The van der Waals surface area contributed by atoms with E-state index in [0.29, 0.717) is 0 Å². The largest absolute Gasteiger partial charge is 0.479 e. The molecule has 0 aliphatic rings. The molecule has 0 aromatic carbocycles. The monoisotopic (exact) mass is 293 g/mol. The van der Waals surface area contributed by atoms with Gasteiger partial charge in [-0.15, -0.1) is 0 Å². The second-order valence-electron chi connectivity index (χ2n) is 4.77. The second kappa shape index (κ2) is 8.49. The number of carbonyl (C=O) groups is 3. The molecule has 20 heavy (non-hydrogen) atoms. The molecule has 0 heterocycles. The fraction of sp³-hybridized carbons (Fsp3) is 0.750. The number of aliphatic carboxylic acids is 1. The zero-order valence-electron chi connectivity index (χ0n) is 12.2. The lowest BCUT2D eigenvalue weighted by molar-refractivity contribution is -0.175. The summed E-state index contributed by atoms with van der Waals surface area (Å²) < 4.78 is 9.49. The maximum Gasteiger partial charge on any atom is 0.336 e. The number of carbonyl (C=O) groups excluding carboxylic acids is 2. The highest BCUT2D eigenvalue weighted by Crippen LogP contribution is 2.18. The minimum Gasteiger partial charge on any atom is -0.479 e. The third kappa shape index (κ3) is 7.70. The van der Waals surface area contributed by atoms with Crippen molar-refractivity contribution in [2.24, 2.45) is 0 Å². The van der Waals surface area contributed by atoms with Crippen LogP contribution >= 0.6 is 0 Å². The smallest absolute Gasteiger partial charge is 0.336 e. The van der Waals surface area contributed by atoms with Crippen molar-refractivity contribution < 1.29 is 34.1 Å². The Bertz CT molecular complexity index is 328. The van der Waals surface area contributed by atoms with E-state index in [0.717, 1.165) is 0 Å². The molecule has 0 amide bonds. The Morgan fingerprint density at radius 3 is 1.45 bits per heavy atom. The first-order valence-electron chi connectivity index (χ1n) is 5.91. The van der Waals surface area contributed by atoms with Gasteiger partial charge < -0.3 is 25.8 Å². The number of carboxylic acids is 1. The number of aliphatic hydroxyl groups is 1. The van der Waals surface area contributed by atoms with E-state index < -0.39 is 48.6 Å². The van der Waals surface area contributed by atoms with Crippen molar-refractivity contribution in [2.45, 2.75) is 58.3 Å². The van der Waals surface area contributed by atoms with E-state index in [9.17, 15) is 19.5 Å². The lowest BCUT2D eigenvalue weighted by Gasteiger charge is -2.22. The molecule has 0 fully saturated rings. The molecule has 0 aromatic rings. The zero-order chi connectivity index (χ0) is 15.2. The van der Waals surface area contributed by atoms with Crippen LogP contribution in [0.15, 0.2) is 0 Å². The van der Waals surface area contributed by atoms with Crippen LogP contribution in [0.1, 0.15) is 40.5 Å². The molecule has 118 valence electrons. The summed E-state index contributed by atoms with van der Waals surface area (Å²) >= 11 is 0. The van der Waals surface area contributed by atoms with Gasteiger partial charge in [0, 0.05) is 0 Å². The molecule has 0 rings (SSSR count). The zero-order valence-corrected chi connectivity index (χ0v) is 12.2. The van der Waals surface area contributed by atoms with Gasteiger partial charge in [-0.05, 0) is 27.7 Å². The van der Waals surface area contributed by atoms with Gasteiger partial charge in [0.1, 0.15) is 0 Å². The predicted molar refractivity (Wildman–Crippen MR) is 69.3 cm³/mol. The molecule has 0 aromatic heterocycles. The van der Waals surface area contributed by atoms with Crippen molar-refractivity contribution in [3.63, 3.8) is 0 Å². The first kappa shape index (κ1) is 20.6. The Balaban J connectivity index is 0. The Hall–Kier alpha value is -1.67. The molecular weight excluding hydrogens is 270 g/mol. The molecule has 8 nitrogen and oxygen atoms in total. The third-order valence-corrected chi connectivity index (χ3v) is 2.01. The van der Waals surface area contributed by atoms with Crippen LogP contribution in [0.25, 0.3) is 0 Å². The fourth-order valence-corrected chi connectivity index (χ4v) is 1.30. The van der Waals surface area contributed by atoms with Gasteiger partial charge in [0.2, 0.25) is 0 Å². The van der Waals surface area contributed by atoms with Crippen molar-refractivity contribution >= 4 is 17.9 Å². The van der Waals surface area contributed by atoms with Gasteiger partial charge in [-0.25, -0.2) is 4.79 Å². The van der Waals surface area contributed by atoms with Gasteiger partial charge in [-0.2, -0.15) is 0 Å². The summed E-state index contributed by atoms with van der Waals surface area (Å²) in [6, 6.07) is 0. The fourth-order valence-electron chi connectivity index (χ4n) is 1.30. The Kier molecular flexibility index (Phi) is 8.76. The van der Waals surface area contributed by atoms with Crippen LogP contribution in [0, 0.1) is 0 Å². The Labute approximate surface area is 117 Å². The SMILES string of the molecule is CC(C)OC(=O)CC(O)(CC(=O)OC(C)C)C(=O)O.N. The van der Waals surface area contributed by atoms with Crippen molar-refractivity contribution in [1.29, 1.82) is 0 Å². The van der Waals surface area contributed by atoms with Gasteiger partial charge >= 0.3 is 17.9 Å². The summed E-state index contributed by atoms with van der Waals surface area (Å²) in [5.74, 6) is -3.46. The first-order valence-corrected chi connectivity index (χ1v) is 5.91. The van der Waals surface area contributed by atoms with Gasteiger partial charge in [-0.3, -0.25) is 9.59 Å². The van der Waals surface area contributed by atoms with E-state index in [-0.39, 0.29) is 6.15 Å². The summed E-state index contributed by atoms with van der Waals surface area (Å²) in [5.41, 5.74) is -2.52. The number of rotatable bonds is 7. The highest BCUT2D eigenvalue weighted by Gasteiger charge is 2.42. The van der Waals surface area contributed by atoms with Crippen LogP contribution in [-0.4, -0.2) is 45.9 Å². The molecule has 0 bridgehead atoms. The normalized spacial score (nSPS) is 10.9. The van der Waals surface area contributed by atoms with Crippen LogP contribution in [0.5, 0.6) is 0 Å². The van der Waals surface area contributed by atoms with E-state index in [2.05, 4.69) is 0 Å². The average molecular weight is 293 g/mol. The highest BCUT2D eigenvalue weighted by atomic mass is 16.5. The Morgan fingerprint density at radius 2 is 1.25 bits per heavy atom. The molecule has 0 radical (unpaired) electrons. The quantitative estimate of drug-likeness (QED) is 0.580. The lowest BCUT2D eigenvalue weighted by Crippen LogP contribution is -2.44. The summed E-state index contributed by atoms with van der Waals surface area (Å²) in [7, 11) is 0. The predicted octanol–water partition coefficient (Wildman–Crippen LogP) is 0.647. The van der Waals surface area contributed by atoms with Crippen LogP contribution < -0.4 is 6.15 Å². The molecule has 8 heteroatoms. The molecule has 0 spiro atoms. The minimum absolute atomic E-state index is 0. The van der Waals surface area contributed by atoms with Crippen LogP contribution in [0.3, 0.4) is 0 Å². The maximum absolute atomic E-state index is 11.4. The summed E-state index contributed by atoms with van der Waals surface area (Å²) in [6.07, 6.45) is -2.50. The molecule has 0 unspecified atom stereocenters. The summed E-state index contributed by atoms with van der Waals surface area (Å²) in [6.45, 7) is 6.35. The average Bonchev–Trinajstić information content (AvgIpc) is 2.12. The van der Waals surface area contributed by atoms with Gasteiger partial charge in [0.25, 0.3) is 0 Å². The molecular formula is C12H23NO7. The lowest BCUT2D eigenvalue weighted by atomic mass is 9.96. The molecule has 5 N–H and O–H groups in total. The summed E-state index contributed by atoms with van der Waals surface area (Å²) in [5, 5.41) is 18.8. The van der Waals surface area contributed by atoms with E-state index in [1.165, 1.54) is 0 Å². The molecule has 0 aliphatic heterocycles. The van der Waals surface area contributed by atoms with Crippen LogP contribution in [0.2, 0.25) is 0 Å². The van der Waals surface area contributed by atoms with E-state index >= 15 is 0 Å². The summed E-state index contributed by atoms with van der Waals surface area (Å²) in [4.78, 5) is 33.8. The number of ether oxygens (including phenoxy) is 2. The van der Waals surface area contributed by atoms with Crippen molar-refractivity contribution in [3.05, 3.63) is 0 Å². The topological polar surface area (TPSA) is 145 Å². The molecule has 0 aliphatic carbocycles. The van der Waals surface area contributed by atoms with E-state index in [4.69, 9.17) is 14.6 Å². The second-order valence-corrected chi connectivity index (χ2v) is 4.77. The number of hydrogen-bond acceptors (Lipinski definition) is 7. The standard InChI is InChI=1S/C12H20O7.H3N/c1-7(2)18-9(13)5-12(17,11(15)16)6-10(14)19-8(3)4;/h7-8,17H,5-6H2,1-4H3,(H,15,16);1H3. The maximum atomic E-state index is 11.4. The van der Waals surface area contributed by atoms with Crippen LogP contribution in [0.4, 0.5) is 0 Å². The van der Waals surface area contributed by atoms with Crippen molar-refractivity contribution in [3.8, 4) is 0 Å². The van der Waals surface area contributed by atoms with Crippen molar-refractivity contribution in [1.82, 2.24) is 6.15 Å². The molecule has 0 saturated carbocycles. The number of carboxylic acid groups (broad SMARTS) is 1. The van der Waals surface area contributed by atoms with E-state index in [1.54, 1.807) is 27.7 Å². The molecule has 0 atom stereocenters. The third-order valence-electron chi connectivity index (χ3n) is 2.01. The van der Waals surface area contributed by atoms with Gasteiger partial charge in [-0.1, -0.05) is 0 Å². The van der Waals surface area contributed by atoms with Crippen LogP contribution in [-0.2, 0) is 23.9 Å². The van der Waals surface area contributed by atoms with Gasteiger partial charge in [0.05, 0.1) is 25.0 Å². The molecule has 0 saturated heterocycles. The highest BCUT2D eigenvalue weighted by molar-refractivity contribution is 5.89. The minimum atomic E-state index is -2.52. The van der Waals surface area contributed by atoms with Gasteiger partial charge in [0.15, 0.2) is 5.60 Å². The van der Waals surface area contributed by atoms with E-state index in [1.807, 2.05) is 0 Å². The Morgan fingerprint density at radius 1 is 0.950 bits per heavy atom.